The second kappa shape index (κ2) is 6.07. The van der Waals surface area contributed by atoms with Crippen LogP contribution in [0.4, 0.5) is 0 Å². The summed E-state index contributed by atoms with van der Waals surface area (Å²) < 4.78 is 0. The van der Waals surface area contributed by atoms with Crippen LogP contribution in [0.15, 0.2) is 12.1 Å². The van der Waals surface area contributed by atoms with Gasteiger partial charge >= 0.3 is 0 Å². The summed E-state index contributed by atoms with van der Waals surface area (Å²) in [4.78, 5) is 0. The normalized spacial score (nSPS) is 12.7. The highest BCUT2D eigenvalue weighted by Crippen LogP contribution is 2.44. The minimum atomic E-state index is -0.130. The Balaban J connectivity index is 3.40. The van der Waals surface area contributed by atoms with E-state index in [1.54, 1.807) is 12.1 Å². The van der Waals surface area contributed by atoms with Gasteiger partial charge in [0, 0.05) is 11.1 Å². The van der Waals surface area contributed by atoms with Crippen molar-refractivity contribution >= 4 is 0 Å². The zero-order valence-electron chi connectivity index (χ0n) is 13.9. The summed E-state index contributed by atoms with van der Waals surface area (Å²) in [5, 5.41) is 20.8. The van der Waals surface area contributed by atoms with Gasteiger partial charge in [-0.2, -0.15) is 0 Å². The van der Waals surface area contributed by atoms with Gasteiger partial charge in [-0.1, -0.05) is 54.4 Å². The third-order valence-corrected chi connectivity index (χ3v) is 4.30. The fraction of sp³-hybridized carbons (Fsp3) is 0.667. The van der Waals surface area contributed by atoms with E-state index in [4.69, 9.17) is 0 Å². The first-order valence-corrected chi connectivity index (χ1v) is 7.72. The average molecular weight is 278 g/mol. The van der Waals surface area contributed by atoms with E-state index in [-0.39, 0.29) is 16.6 Å². The second-order valence-electron chi connectivity index (χ2n) is 7.16. The molecule has 0 atom stereocenters. The van der Waals surface area contributed by atoms with Crippen molar-refractivity contribution in [2.45, 2.75) is 78.1 Å². The van der Waals surface area contributed by atoms with Gasteiger partial charge in [-0.05, 0) is 35.8 Å². The molecular formula is C18H30O2. The largest absolute Gasteiger partial charge is 0.508 e. The maximum atomic E-state index is 10.7. The first kappa shape index (κ1) is 16.9. The summed E-state index contributed by atoms with van der Waals surface area (Å²) in [7, 11) is 0. The molecule has 2 nitrogen and oxygen atoms in total. The molecule has 0 fully saturated rings. The molecule has 114 valence electrons. The molecule has 0 amide bonds. The van der Waals surface area contributed by atoms with Crippen molar-refractivity contribution in [2.24, 2.45) is 0 Å². The molecule has 0 aliphatic rings. The molecule has 20 heavy (non-hydrogen) atoms. The lowest BCUT2D eigenvalue weighted by molar-refractivity contribution is 0.381. The van der Waals surface area contributed by atoms with Crippen molar-refractivity contribution in [1.29, 1.82) is 0 Å². The number of aromatic hydroxyl groups is 2. The molecule has 0 radical (unpaired) electrons. The van der Waals surface area contributed by atoms with Crippen molar-refractivity contribution in [2.75, 3.05) is 0 Å². The molecule has 0 saturated heterocycles. The Morgan fingerprint density at radius 1 is 0.800 bits per heavy atom. The SMILES string of the molecule is CCCC(C)(C)c1cc(O)cc(C(C)(C)CCC)c1O. The Kier molecular flexibility index (Phi) is 5.12. The molecule has 0 aliphatic heterocycles. The van der Waals surface area contributed by atoms with Crippen molar-refractivity contribution in [3.63, 3.8) is 0 Å². The van der Waals surface area contributed by atoms with Gasteiger partial charge in [-0.25, -0.2) is 0 Å². The molecule has 2 N–H and O–H groups in total. The predicted octanol–water partition coefficient (Wildman–Crippen LogP) is 5.25. The molecule has 1 rings (SSSR count). The molecule has 0 aromatic heterocycles. The Bertz CT molecular complexity index is 419. The smallest absolute Gasteiger partial charge is 0.123 e. The molecular weight excluding hydrogens is 248 g/mol. The van der Waals surface area contributed by atoms with Crippen LogP contribution in [0, 0.1) is 0 Å². The Morgan fingerprint density at radius 2 is 1.15 bits per heavy atom. The molecule has 1 aromatic rings. The van der Waals surface area contributed by atoms with Gasteiger partial charge in [0.05, 0.1) is 0 Å². The number of benzene rings is 1. The Morgan fingerprint density at radius 3 is 1.45 bits per heavy atom. The van der Waals surface area contributed by atoms with Crippen molar-refractivity contribution in [1.82, 2.24) is 0 Å². The summed E-state index contributed by atoms with van der Waals surface area (Å²) in [6, 6.07) is 3.44. The first-order valence-electron chi connectivity index (χ1n) is 7.72. The highest BCUT2D eigenvalue weighted by atomic mass is 16.3. The molecule has 0 heterocycles. The van der Waals surface area contributed by atoms with Gasteiger partial charge < -0.3 is 10.2 Å². The number of rotatable bonds is 6. The van der Waals surface area contributed by atoms with Crippen LogP contribution in [0.3, 0.4) is 0 Å². The Hall–Kier alpha value is -1.18. The zero-order valence-corrected chi connectivity index (χ0v) is 13.9. The van der Waals surface area contributed by atoms with Crippen molar-refractivity contribution in [3.8, 4) is 11.5 Å². The molecule has 0 spiro atoms. The maximum absolute atomic E-state index is 10.7. The van der Waals surface area contributed by atoms with Crippen LogP contribution < -0.4 is 0 Å². The van der Waals surface area contributed by atoms with Gasteiger partial charge in [-0.3, -0.25) is 0 Å². The van der Waals surface area contributed by atoms with Gasteiger partial charge in [0.15, 0.2) is 0 Å². The van der Waals surface area contributed by atoms with Gasteiger partial charge in [0.2, 0.25) is 0 Å². The van der Waals surface area contributed by atoms with E-state index in [1.165, 1.54) is 0 Å². The van der Waals surface area contributed by atoms with E-state index < -0.39 is 0 Å². The van der Waals surface area contributed by atoms with Crippen molar-refractivity contribution < 1.29 is 10.2 Å². The van der Waals surface area contributed by atoms with Crippen LogP contribution in [0.1, 0.15) is 78.4 Å². The monoisotopic (exact) mass is 278 g/mol. The van der Waals surface area contributed by atoms with Crippen LogP contribution >= 0.6 is 0 Å². The fourth-order valence-corrected chi connectivity index (χ4v) is 3.17. The molecule has 0 aliphatic carbocycles. The fourth-order valence-electron chi connectivity index (χ4n) is 3.17. The van der Waals surface area contributed by atoms with E-state index in [2.05, 4.69) is 41.5 Å². The quantitative estimate of drug-likeness (QED) is 0.697. The topological polar surface area (TPSA) is 40.5 Å². The van der Waals surface area contributed by atoms with Crippen LogP contribution in [0.2, 0.25) is 0 Å². The van der Waals surface area contributed by atoms with E-state index in [9.17, 15) is 10.2 Å². The number of hydrogen-bond acceptors (Lipinski definition) is 2. The minimum Gasteiger partial charge on any atom is -0.508 e. The summed E-state index contributed by atoms with van der Waals surface area (Å²) in [6.45, 7) is 12.8. The number of phenolic OH excluding ortho intramolecular Hbond substituents is 2. The van der Waals surface area contributed by atoms with E-state index >= 15 is 0 Å². The second-order valence-corrected chi connectivity index (χ2v) is 7.16. The summed E-state index contributed by atoms with van der Waals surface area (Å²) in [6.07, 6.45) is 4.07. The standard InChI is InChI=1S/C18H30O2/c1-7-9-17(3,4)14-11-13(19)12-15(16(14)20)18(5,6)10-8-2/h11-12,19-20H,7-10H2,1-6H3. The average Bonchev–Trinajstić information content (AvgIpc) is 2.31. The maximum Gasteiger partial charge on any atom is 0.123 e. The molecule has 2 heteroatoms. The Labute approximate surface area is 123 Å². The molecule has 0 bridgehead atoms. The summed E-state index contributed by atoms with van der Waals surface area (Å²) in [5.41, 5.74) is 1.46. The first-order chi connectivity index (χ1) is 9.15. The predicted molar refractivity (Wildman–Crippen MR) is 85.6 cm³/mol. The lowest BCUT2D eigenvalue weighted by atomic mass is 9.74. The van der Waals surface area contributed by atoms with Crippen molar-refractivity contribution in [3.05, 3.63) is 23.3 Å². The van der Waals surface area contributed by atoms with Crippen LogP contribution in [0.25, 0.3) is 0 Å². The number of hydrogen-bond donors (Lipinski definition) is 2. The highest BCUT2D eigenvalue weighted by Gasteiger charge is 2.30. The molecule has 1 aromatic carbocycles. The number of phenols is 2. The molecule has 0 saturated carbocycles. The van der Waals surface area contributed by atoms with E-state index in [0.717, 1.165) is 36.8 Å². The zero-order chi connectivity index (χ0) is 15.6. The lowest BCUT2D eigenvalue weighted by Gasteiger charge is -2.31. The van der Waals surface area contributed by atoms with Gasteiger partial charge in [0.25, 0.3) is 0 Å². The molecule has 0 unspecified atom stereocenters. The van der Waals surface area contributed by atoms with Gasteiger partial charge in [-0.15, -0.1) is 0 Å². The van der Waals surface area contributed by atoms with E-state index in [1.807, 2.05) is 0 Å². The van der Waals surface area contributed by atoms with E-state index in [0.29, 0.717) is 5.75 Å². The lowest BCUT2D eigenvalue weighted by Crippen LogP contribution is -2.21. The minimum absolute atomic E-state index is 0.130. The summed E-state index contributed by atoms with van der Waals surface area (Å²) in [5.74, 6) is 0.612. The highest BCUT2D eigenvalue weighted by molar-refractivity contribution is 5.51. The third-order valence-electron chi connectivity index (χ3n) is 4.30. The van der Waals surface area contributed by atoms with Crippen LogP contribution in [0.5, 0.6) is 11.5 Å². The van der Waals surface area contributed by atoms with Gasteiger partial charge in [0.1, 0.15) is 11.5 Å². The summed E-state index contributed by atoms with van der Waals surface area (Å²) >= 11 is 0. The third kappa shape index (κ3) is 3.47. The van der Waals surface area contributed by atoms with Crippen LogP contribution in [-0.4, -0.2) is 10.2 Å². The van der Waals surface area contributed by atoms with Crippen LogP contribution in [-0.2, 0) is 10.8 Å².